The lowest BCUT2D eigenvalue weighted by molar-refractivity contribution is 0.708. The van der Waals surface area contributed by atoms with E-state index in [1.807, 2.05) is 0 Å². The maximum absolute atomic E-state index is 6.14. The molecule has 0 spiro atoms. The van der Waals surface area contributed by atoms with Gasteiger partial charge in [-0.1, -0.05) is 36.2 Å². The summed E-state index contributed by atoms with van der Waals surface area (Å²) in [7, 11) is 0. The Morgan fingerprint density at radius 2 is 1.95 bits per heavy atom. The molecule has 0 saturated heterocycles. The second kappa shape index (κ2) is 5.61. The minimum atomic E-state index is 0.694. The number of anilines is 1. The van der Waals surface area contributed by atoms with E-state index in [2.05, 4.69) is 36.2 Å². The van der Waals surface area contributed by atoms with Crippen LogP contribution in [0.2, 0.25) is 0 Å². The van der Waals surface area contributed by atoms with Gasteiger partial charge in [0.05, 0.1) is 0 Å². The van der Waals surface area contributed by atoms with Crippen LogP contribution >= 0.6 is 0 Å². The minimum Gasteiger partial charge on any atom is -0.383 e. The second-order valence-corrected chi connectivity index (χ2v) is 5.68. The summed E-state index contributed by atoms with van der Waals surface area (Å²) >= 11 is 0. The van der Waals surface area contributed by atoms with Crippen molar-refractivity contribution in [2.24, 2.45) is 0 Å². The van der Waals surface area contributed by atoms with Crippen molar-refractivity contribution in [3.63, 3.8) is 0 Å². The van der Waals surface area contributed by atoms with Crippen LogP contribution in [0.25, 0.3) is 0 Å². The lowest BCUT2D eigenvalue weighted by Gasteiger charge is -2.10. The highest BCUT2D eigenvalue weighted by Crippen LogP contribution is 2.23. The van der Waals surface area contributed by atoms with Gasteiger partial charge in [-0.25, -0.2) is 9.97 Å². The van der Waals surface area contributed by atoms with Gasteiger partial charge in [0.25, 0.3) is 0 Å². The molecule has 0 fully saturated rings. The lowest BCUT2D eigenvalue weighted by Crippen LogP contribution is -2.09. The Hall–Kier alpha value is -1.90. The molecule has 0 saturated carbocycles. The second-order valence-electron chi connectivity index (χ2n) is 5.68. The molecule has 2 aromatic rings. The third-order valence-corrected chi connectivity index (χ3v) is 3.96. The third-order valence-electron chi connectivity index (χ3n) is 3.96. The molecule has 1 aliphatic carbocycles. The lowest BCUT2D eigenvalue weighted by atomic mass is 10.1. The van der Waals surface area contributed by atoms with E-state index in [1.165, 1.54) is 41.6 Å². The fraction of sp³-hybridized carbons (Fsp3) is 0.412. The van der Waals surface area contributed by atoms with E-state index in [-0.39, 0.29) is 0 Å². The largest absolute Gasteiger partial charge is 0.383 e. The van der Waals surface area contributed by atoms with Crippen LogP contribution in [0, 0.1) is 6.92 Å². The quantitative estimate of drug-likeness (QED) is 0.850. The summed E-state index contributed by atoms with van der Waals surface area (Å²) in [5.74, 6) is 1.55. The van der Waals surface area contributed by atoms with Crippen molar-refractivity contribution in [2.45, 2.75) is 45.4 Å². The molecule has 1 heterocycles. The number of rotatable bonds is 2. The van der Waals surface area contributed by atoms with E-state index in [4.69, 9.17) is 10.7 Å². The average molecular weight is 267 g/mol. The Labute approximate surface area is 120 Å². The van der Waals surface area contributed by atoms with E-state index in [0.717, 1.165) is 25.1 Å². The van der Waals surface area contributed by atoms with Crippen LogP contribution in [0.15, 0.2) is 24.3 Å². The van der Waals surface area contributed by atoms with Gasteiger partial charge in [0.15, 0.2) is 0 Å². The predicted molar refractivity (Wildman–Crippen MR) is 81.7 cm³/mol. The highest BCUT2D eigenvalue weighted by Gasteiger charge is 2.15. The Balaban J connectivity index is 1.91. The van der Waals surface area contributed by atoms with E-state index in [1.54, 1.807) is 0 Å². The monoisotopic (exact) mass is 267 g/mol. The van der Waals surface area contributed by atoms with Crippen molar-refractivity contribution in [1.82, 2.24) is 9.97 Å². The zero-order chi connectivity index (χ0) is 13.9. The number of hydrogen-bond donors (Lipinski definition) is 1. The molecule has 104 valence electrons. The first-order chi connectivity index (χ1) is 9.72. The first kappa shape index (κ1) is 13.1. The summed E-state index contributed by atoms with van der Waals surface area (Å²) in [6.07, 6.45) is 6.53. The van der Waals surface area contributed by atoms with Crippen LogP contribution in [0.5, 0.6) is 0 Å². The first-order valence-corrected chi connectivity index (χ1v) is 7.42. The summed E-state index contributed by atoms with van der Waals surface area (Å²) < 4.78 is 0. The van der Waals surface area contributed by atoms with Crippen LogP contribution < -0.4 is 5.73 Å². The average Bonchev–Trinajstić information content (AvgIpc) is 2.64. The maximum atomic E-state index is 6.14. The Kier molecular flexibility index (Phi) is 3.68. The highest BCUT2D eigenvalue weighted by molar-refractivity contribution is 5.43. The fourth-order valence-electron chi connectivity index (χ4n) is 2.94. The van der Waals surface area contributed by atoms with Gasteiger partial charge in [0.1, 0.15) is 11.6 Å². The summed E-state index contributed by atoms with van der Waals surface area (Å²) in [6, 6.07) is 8.50. The van der Waals surface area contributed by atoms with Crippen LogP contribution in [-0.4, -0.2) is 9.97 Å². The summed E-state index contributed by atoms with van der Waals surface area (Å²) in [5.41, 5.74) is 11.0. The van der Waals surface area contributed by atoms with Crippen molar-refractivity contribution >= 4 is 5.82 Å². The van der Waals surface area contributed by atoms with Gasteiger partial charge in [0.2, 0.25) is 0 Å². The molecular formula is C17H21N3. The molecule has 0 aliphatic heterocycles. The van der Waals surface area contributed by atoms with Crippen molar-refractivity contribution in [2.75, 3.05) is 5.73 Å². The number of fused-ring (bicyclic) bond motifs is 1. The summed E-state index contributed by atoms with van der Waals surface area (Å²) in [6.45, 7) is 2.11. The number of aromatic nitrogens is 2. The standard InChI is InChI=1S/C17H21N3/c1-12-6-5-7-13(10-12)11-16-19-15-9-4-2-3-8-14(15)17(18)20-16/h5-7,10H,2-4,8-9,11H2,1H3,(H2,18,19,20). The molecule has 0 amide bonds. The molecule has 0 bridgehead atoms. The SMILES string of the molecule is Cc1cccc(Cc2nc(N)c3c(n2)CCCCC3)c1. The van der Waals surface area contributed by atoms with E-state index < -0.39 is 0 Å². The minimum absolute atomic E-state index is 0.694. The molecule has 3 nitrogen and oxygen atoms in total. The Morgan fingerprint density at radius 3 is 2.80 bits per heavy atom. The molecule has 3 heteroatoms. The molecular weight excluding hydrogens is 246 g/mol. The number of hydrogen-bond acceptors (Lipinski definition) is 3. The molecule has 1 aliphatic rings. The summed E-state index contributed by atoms with van der Waals surface area (Å²) in [5, 5.41) is 0. The molecule has 0 radical (unpaired) electrons. The van der Waals surface area contributed by atoms with Gasteiger partial charge in [0, 0.05) is 17.7 Å². The topological polar surface area (TPSA) is 51.8 Å². The normalized spacial score (nSPS) is 14.7. The molecule has 0 atom stereocenters. The zero-order valence-corrected chi connectivity index (χ0v) is 12.0. The van der Waals surface area contributed by atoms with Gasteiger partial charge in [-0.2, -0.15) is 0 Å². The first-order valence-electron chi connectivity index (χ1n) is 7.42. The number of nitrogens with zero attached hydrogens (tertiary/aromatic N) is 2. The Morgan fingerprint density at radius 1 is 1.10 bits per heavy atom. The molecule has 3 rings (SSSR count). The van der Waals surface area contributed by atoms with Crippen molar-refractivity contribution in [1.29, 1.82) is 0 Å². The van der Waals surface area contributed by atoms with Crippen molar-refractivity contribution in [3.05, 3.63) is 52.5 Å². The third kappa shape index (κ3) is 2.82. The fourth-order valence-corrected chi connectivity index (χ4v) is 2.94. The molecule has 1 aromatic carbocycles. The smallest absolute Gasteiger partial charge is 0.135 e. The van der Waals surface area contributed by atoms with Gasteiger partial charge in [-0.05, 0) is 38.2 Å². The van der Waals surface area contributed by atoms with Crippen LogP contribution in [-0.2, 0) is 19.3 Å². The molecule has 2 N–H and O–H groups in total. The number of benzene rings is 1. The predicted octanol–water partition coefficient (Wildman–Crippen LogP) is 3.23. The molecule has 20 heavy (non-hydrogen) atoms. The van der Waals surface area contributed by atoms with Crippen molar-refractivity contribution in [3.8, 4) is 0 Å². The van der Waals surface area contributed by atoms with Gasteiger partial charge < -0.3 is 5.73 Å². The van der Waals surface area contributed by atoms with Crippen LogP contribution in [0.3, 0.4) is 0 Å². The van der Waals surface area contributed by atoms with Crippen LogP contribution in [0.1, 0.15) is 47.5 Å². The van der Waals surface area contributed by atoms with Gasteiger partial charge in [-0.15, -0.1) is 0 Å². The molecule has 0 unspecified atom stereocenters. The highest BCUT2D eigenvalue weighted by atomic mass is 15.0. The van der Waals surface area contributed by atoms with E-state index >= 15 is 0 Å². The van der Waals surface area contributed by atoms with Crippen LogP contribution in [0.4, 0.5) is 5.82 Å². The molecule has 1 aromatic heterocycles. The number of nitrogens with two attached hydrogens (primary N) is 1. The number of nitrogen functional groups attached to an aromatic ring is 1. The van der Waals surface area contributed by atoms with E-state index in [9.17, 15) is 0 Å². The Bertz CT molecular complexity index is 620. The zero-order valence-electron chi connectivity index (χ0n) is 12.0. The maximum Gasteiger partial charge on any atom is 0.135 e. The van der Waals surface area contributed by atoms with Gasteiger partial charge in [-0.3, -0.25) is 0 Å². The van der Waals surface area contributed by atoms with Crippen molar-refractivity contribution < 1.29 is 0 Å². The number of aryl methyl sites for hydroxylation is 2. The van der Waals surface area contributed by atoms with Gasteiger partial charge >= 0.3 is 0 Å². The van der Waals surface area contributed by atoms with E-state index in [0.29, 0.717) is 5.82 Å². The summed E-state index contributed by atoms with van der Waals surface area (Å²) in [4.78, 5) is 9.29.